The molecule has 1 aromatic carbocycles. The van der Waals surface area contributed by atoms with Crippen molar-refractivity contribution in [2.75, 3.05) is 13.2 Å². The van der Waals surface area contributed by atoms with Crippen LogP contribution in [-0.2, 0) is 10.3 Å². The number of phenols is 1. The Hall–Kier alpha value is -0.460. The van der Waals surface area contributed by atoms with E-state index in [0.29, 0.717) is 30.1 Å². The third-order valence-corrected chi connectivity index (χ3v) is 4.98. The third-order valence-electron chi connectivity index (χ3n) is 3.29. The van der Waals surface area contributed by atoms with E-state index in [4.69, 9.17) is 23.2 Å². The number of hydrogen-bond donors (Lipinski definition) is 3. The van der Waals surface area contributed by atoms with Gasteiger partial charge in [0.25, 0.3) is 0 Å². The Bertz CT molecular complexity index is 544. The Morgan fingerprint density at radius 1 is 1.44 bits per heavy atom. The second-order valence-corrected chi connectivity index (χ2v) is 6.29. The van der Waals surface area contributed by atoms with Crippen molar-refractivity contribution in [1.29, 1.82) is 0 Å². The lowest BCUT2D eigenvalue weighted by atomic mass is 9.86. The van der Waals surface area contributed by atoms with Gasteiger partial charge in [-0.2, -0.15) is 0 Å². The number of fused-ring (bicyclic) bond motifs is 2. The van der Waals surface area contributed by atoms with E-state index in [2.05, 4.69) is 10.6 Å². The Kier molecular flexibility index (Phi) is 2.99. The van der Waals surface area contributed by atoms with Crippen LogP contribution in [0.1, 0.15) is 12.0 Å². The van der Waals surface area contributed by atoms with Crippen LogP contribution in [0.4, 0.5) is 0 Å². The number of benzene rings is 1. The second-order valence-electron chi connectivity index (χ2n) is 4.41. The first-order valence-corrected chi connectivity index (χ1v) is 6.99. The average molecular weight is 305 g/mol. The van der Waals surface area contributed by atoms with Crippen LogP contribution in [0.2, 0.25) is 10.0 Å². The monoisotopic (exact) mass is 304 g/mol. The number of rotatable bonds is 0. The minimum absolute atomic E-state index is 0.0321. The van der Waals surface area contributed by atoms with Gasteiger partial charge in [0.2, 0.25) is 0 Å². The Labute approximate surface area is 118 Å². The molecule has 1 atom stereocenters. The number of carbonyl (C=O) groups excluding carboxylic acids is 1. The molecule has 1 spiro atoms. The summed E-state index contributed by atoms with van der Waals surface area (Å²) >= 11 is 13.0. The van der Waals surface area contributed by atoms with Gasteiger partial charge in [0, 0.05) is 30.1 Å². The summed E-state index contributed by atoms with van der Waals surface area (Å²) < 4.78 is 0. The van der Waals surface area contributed by atoms with Crippen molar-refractivity contribution in [2.45, 2.75) is 16.9 Å². The molecule has 1 fully saturated rings. The lowest BCUT2D eigenvalue weighted by molar-refractivity contribution is -0.112. The smallest absolute Gasteiger partial charge is 0.195 e. The first-order chi connectivity index (χ1) is 8.53. The van der Waals surface area contributed by atoms with Gasteiger partial charge in [-0.25, -0.2) is 0 Å². The molecular weight excluding hydrogens is 295 g/mol. The Morgan fingerprint density at radius 2 is 2.22 bits per heavy atom. The van der Waals surface area contributed by atoms with Crippen molar-refractivity contribution in [3.63, 3.8) is 0 Å². The molecule has 0 saturated carbocycles. The SMILES string of the molecule is O=C1CC2(CNCN2)c2c(cc(Cl)c(Cl)c2O)S1. The molecular formula is C11H10Cl2N2O2S. The minimum atomic E-state index is -0.573. The predicted octanol–water partition coefficient (Wildman–Crippen LogP) is 2.07. The molecule has 7 heteroatoms. The predicted molar refractivity (Wildman–Crippen MR) is 71.3 cm³/mol. The molecule has 1 aromatic rings. The molecule has 1 unspecified atom stereocenters. The van der Waals surface area contributed by atoms with Gasteiger partial charge in [-0.05, 0) is 6.07 Å². The van der Waals surface area contributed by atoms with Crippen molar-refractivity contribution < 1.29 is 9.90 Å². The van der Waals surface area contributed by atoms with E-state index in [0.717, 1.165) is 11.8 Å². The van der Waals surface area contributed by atoms with E-state index in [1.807, 2.05) is 0 Å². The molecule has 2 aliphatic heterocycles. The highest BCUT2D eigenvalue weighted by molar-refractivity contribution is 8.13. The summed E-state index contributed by atoms with van der Waals surface area (Å²) in [5.74, 6) is -0.0321. The van der Waals surface area contributed by atoms with E-state index in [-0.39, 0.29) is 20.9 Å². The van der Waals surface area contributed by atoms with Gasteiger partial charge in [-0.15, -0.1) is 0 Å². The number of hydrogen-bond acceptors (Lipinski definition) is 5. The van der Waals surface area contributed by atoms with Crippen molar-refractivity contribution >= 4 is 40.1 Å². The molecule has 2 aliphatic rings. The Balaban J connectivity index is 2.26. The van der Waals surface area contributed by atoms with Gasteiger partial charge < -0.3 is 10.4 Å². The molecule has 0 amide bonds. The van der Waals surface area contributed by atoms with Gasteiger partial charge >= 0.3 is 0 Å². The summed E-state index contributed by atoms with van der Waals surface area (Å²) in [6.07, 6.45) is 0.323. The number of halogens is 2. The zero-order valence-electron chi connectivity index (χ0n) is 9.22. The van der Waals surface area contributed by atoms with Crippen LogP contribution in [0.5, 0.6) is 5.75 Å². The van der Waals surface area contributed by atoms with Gasteiger partial charge in [0.05, 0.1) is 10.6 Å². The van der Waals surface area contributed by atoms with E-state index in [1.165, 1.54) is 0 Å². The highest BCUT2D eigenvalue weighted by Gasteiger charge is 2.45. The molecule has 2 heterocycles. The zero-order chi connectivity index (χ0) is 12.9. The van der Waals surface area contributed by atoms with Gasteiger partial charge in [-0.3, -0.25) is 10.1 Å². The summed E-state index contributed by atoms with van der Waals surface area (Å²) in [5.41, 5.74) is 0.0993. The fourth-order valence-electron chi connectivity index (χ4n) is 2.50. The summed E-state index contributed by atoms with van der Waals surface area (Å²) in [6.45, 7) is 1.18. The first kappa shape index (κ1) is 12.6. The number of aromatic hydroxyl groups is 1. The van der Waals surface area contributed by atoms with Crippen molar-refractivity contribution in [3.8, 4) is 5.75 Å². The number of carbonyl (C=O) groups is 1. The molecule has 0 aromatic heterocycles. The van der Waals surface area contributed by atoms with Crippen molar-refractivity contribution in [2.24, 2.45) is 0 Å². The van der Waals surface area contributed by atoms with Crippen LogP contribution in [0.15, 0.2) is 11.0 Å². The van der Waals surface area contributed by atoms with Gasteiger partial charge in [0.15, 0.2) is 5.12 Å². The third kappa shape index (κ3) is 1.73. The van der Waals surface area contributed by atoms with E-state index >= 15 is 0 Å². The van der Waals surface area contributed by atoms with Gasteiger partial charge in [-0.1, -0.05) is 35.0 Å². The van der Waals surface area contributed by atoms with E-state index < -0.39 is 5.54 Å². The molecule has 3 rings (SSSR count). The maximum atomic E-state index is 11.8. The summed E-state index contributed by atoms with van der Waals surface area (Å²) in [4.78, 5) is 12.5. The standard InChI is InChI=1S/C11H10Cl2N2O2S/c12-5-1-6-8(10(17)9(5)13)11(2-7(16)18-6)3-14-4-15-11/h1,14-15,17H,2-4H2. The molecule has 18 heavy (non-hydrogen) atoms. The van der Waals surface area contributed by atoms with Crippen molar-refractivity contribution in [1.82, 2.24) is 10.6 Å². The molecule has 4 nitrogen and oxygen atoms in total. The molecule has 0 bridgehead atoms. The fourth-order valence-corrected chi connectivity index (χ4v) is 4.05. The number of phenolic OH excluding ortho intramolecular Hbond substituents is 1. The summed E-state index contributed by atoms with van der Waals surface area (Å²) in [5, 5.41) is 17.1. The van der Waals surface area contributed by atoms with Crippen LogP contribution in [0.3, 0.4) is 0 Å². The normalized spacial score (nSPS) is 26.7. The van der Waals surface area contributed by atoms with Crippen molar-refractivity contribution in [3.05, 3.63) is 21.7 Å². The van der Waals surface area contributed by atoms with Crippen LogP contribution in [0, 0.1) is 0 Å². The molecule has 1 saturated heterocycles. The second kappa shape index (κ2) is 4.28. The zero-order valence-corrected chi connectivity index (χ0v) is 11.5. The largest absolute Gasteiger partial charge is 0.506 e. The Morgan fingerprint density at radius 3 is 2.89 bits per heavy atom. The summed E-state index contributed by atoms with van der Waals surface area (Å²) in [6, 6.07) is 1.64. The molecule has 3 N–H and O–H groups in total. The maximum Gasteiger partial charge on any atom is 0.195 e. The van der Waals surface area contributed by atoms with Crippen LogP contribution in [0.25, 0.3) is 0 Å². The number of nitrogens with one attached hydrogen (secondary N) is 2. The van der Waals surface area contributed by atoms with Crippen LogP contribution < -0.4 is 10.6 Å². The van der Waals surface area contributed by atoms with Crippen LogP contribution in [-0.4, -0.2) is 23.4 Å². The minimum Gasteiger partial charge on any atom is -0.506 e. The summed E-state index contributed by atoms with van der Waals surface area (Å²) in [7, 11) is 0. The topological polar surface area (TPSA) is 61.4 Å². The van der Waals surface area contributed by atoms with Gasteiger partial charge in [0.1, 0.15) is 10.8 Å². The first-order valence-electron chi connectivity index (χ1n) is 5.41. The average Bonchev–Trinajstić information content (AvgIpc) is 2.74. The lowest BCUT2D eigenvalue weighted by Gasteiger charge is -2.34. The maximum absolute atomic E-state index is 11.8. The lowest BCUT2D eigenvalue weighted by Crippen LogP contribution is -2.43. The highest BCUT2D eigenvalue weighted by atomic mass is 35.5. The fraction of sp³-hybridized carbons (Fsp3) is 0.364. The molecule has 0 aliphatic carbocycles. The highest BCUT2D eigenvalue weighted by Crippen LogP contribution is 2.50. The molecule has 0 radical (unpaired) electrons. The van der Waals surface area contributed by atoms with Crippen LogP contribution >= 0.6 is 35.0 Å². The number of thioether (sulfide) groups is 1. The van der Waals surface area contributed by atoms with E-state index in [9.17, 15) is 9.90 Å². The van der Waals surface area contributed by atoms with E-state index in [1.54, 1.807) is 6.07 Å². The molecule has 96 valence electrons. The quantitative estimate of drug-likeness (QED) is 0.685.